The number of anilines is 1. The number of aryl methyl sites for hydroxylation is 1. The van der Waals surface area contributed by atoms with Crippen LogP contribution in [0.3, 0.4) is 0 Å². The van der Waals surface area contributed by atoms with Gasteiger partial charge in [-0.3, -0.25) is 14.2 Å². The van der Waals surface area contributed by atoms with Crippen molar-refractivity contribution in [3.63, 3.8) is 0 Å². The Hall–Kier alpha value is -2.34. The van der Waals surface area contributed by atoms with Crippen LogP contribution in [0.15, 0.2) is 47.3 Å². The van der Waals surface area contributed by atoms with Gasteiger partial charge in [-0.05, 0) is 44.2 Å². The standard InChI is InChI=1S/C20H16Cl3N3O2/c1-11-12(2)24-19(13-4-3-5-14(21)6-13)26(20(11)28)10-18(27)25-17-8-15(22)7-16(23)9-17/h3-9H,10H2,1-2H3,(H,25,27). The molecule has 28 heavy (non-hydrogen) atoms. The molecule has 1 aromatic heterocycles. The van der Waals surface area contributed by atoms with Gasteiger partial charge in [0.15, 0.2) is 0 Å². The molecule has 0 spiro atoms. The van der Waals surface area contributed by atoms with Crippen LogP contribution in [0.4, 0.5) is 5.69 Å². The molecule has 0 saturated carbocycles. The predicted molar refractivity (Wildman–Crippen MR) is 114 cm³/mol. The minimum atomic E-state index is -0.409. The van der Waals surface area contributed by atoms with Gasteiger partial charge in [-0.25, -0.2) is 4.98 Å². The summed E-state index contributed by atoms with van der Waals surface area (Å²) in [5.74, 6) is -0.0383. The van der Waals surface area contributed by atoms with Crippen molar-refractivity contribution in [1.29, 1.82) is 0 Å². The van der Waals surface area contributed by atoms with E-state index in [0.717, 1.165) is 0 Å². The highest BCUT2D eigenvalue weighted by Gasteiger charge is 2.16. The first-order valence-electron chi connectivity index (χ1n) is 8.34. The van der Waals surface area contributed by atoms with Gasteiger partial charge >= 0.3 is 0 Å². The lowest BCUT2D eigenvalue weighted by molar-refractivity contribution is -0.116. The monoisotopic (exact) mass is 435 g/mol. The van der Waals surface area contributed by atoms with Crippen LogP contribution in [0.25, 0.3) is 11.4 Å². The zero-order chi connectivity index (χ0) is 20.4. The van der Waals surface area contributed by atoms with Gasteiger partial charge in [0.25, 0.3) is 5.56 Å². The van der Waals surface area contributed by atoms with Crippen molar-refractivity contribution in [1.82, 2.24) is 9.55 Å². The third-order valence-electron chi connectivity index (χ3n) is 4.17. The highest BCUT2D eigenvalue weighted by molar-refractivity contribution is 6.35. The Kier molecular flexibility index (Phi) is 6.08. The molecule has 1 amide bonds. The second-order valence-corrected chi connectivity index (χ2v) is 7.56. The average molecular weight is 437 g/mol. The molecule has 0 aliphatic carbocycles. The number of nitrogens with one attached hydrogen (secondary N) is 1. The molecule has 1 N–H and O–H groups in total. The fraction of sp³-hybridized carbons (Fsp3) is 0.150. The minimum absolute atomic E-state index is 0.223. The first kappa shape index (κ1) is 20.4. The molecule has 5 nitrogen and oxygen atoms in total. The Bertz CT molecular complexity index is 1110. The van der Waals surface area contributed by atoms with E-state index in [1.54, 1.807) is 56.3 Å². The molecule has 0 bridgehead atoms. The molecule has 0 fully saturated rings. The van der Waals surface area contributed by atoms with Crippen LogP contribution in [0.5, 0.6) is 0 Å². The molecule has 0 radical (unpaired) electrons. The average Bonchev–Trinajstić information content (AvgIpc) is 2.61. The van der Waals surface area contributed by atoms with Crippen LogP contribution in [0.1, 0.15) is 11.3 Å². The van der Waals surface area contributed by atoms with Crippen molar-refractivity contribution in [2.75, 3.05) is 5.32 Å². The van der Waals surface area contributed by atoms with Crippen LogP contribution in [-0.2, 0) is 11.3 Å². The normalized spacial score (nSPS) is 10.8. The Balaban J connectivity index is 1.99. The number of aromatic nitrogens is 2. The van der Waals surface area contributed by atoms with Gasteiger partial charge in [0.1, 0.15) is 12.4 Å². The molecule has 2 aromatic carbocycles. The van der Waals surface area contributed by atoms with Gasteiger partial charge in [-0.15, -0.1) is 0 Å². The molecule has 0 aliphatic rings. The molecule has 1 heterocycles. The van der Waals surface area contributed by atoms with E-state index >= 15 is 0 Å². The number of amides is 1. The molecule has 0 aliphatic heterocycles. The number of hydrogen-bond acceptors (Lipinski definition) is 3. The summed E-state index contributed by atoms with van der Waals surface area (Å²) in [6, 6.07) is 11.7. The van der Waals surface area contributed by atoms with E-state index in [-0.39, 0.29) is 12.1 Å². The molecule has 144 valence electrons. The van der Waals surface area contributed by atoms with Gasteiger partial charge in [0.05, 0.1) is 0 Å². The highest BCUT2D eigenvalue weighted by atomic mass is 35.5. The molecular weight excluding hydrogens is 421 g/mol. The lowest BCUT2D eigenvalue weighted by Crippen LogP contribution is -2.31. The Labute approximate surface area is 176 Å². The maximum absolute atomic E-state index is 12.8. The van der Waals surface area contributed by atoms with Crippen LogP contribution < -0.4 is 10.9 Å². The first-order chi connectivity index (χ1) is 13.2. The summed E-state index contributed by atoms with van der Waals surface area (Å²) in [5, 5.41) is 4.00. The van der Waals surface area contributed by atoms with Crippen molar-refractivity contribution >= 4 is 46.4 Å². The number of halogens is 3. The molecule has 8 heteroatoms. The summed E-state index contributed by atoms with van der Waals surface area (Å²) in [5.41, 5.74) is 1.87. The minimum Gasteiger partial charge on any atom is -0.324 e. The molecule has 3 aromatic rings. The topological polar surface area (TPSA) is 64.0 Å². The van der Waals surface area contributed by atoms with Gasteiger partial charge in [0, 0.05) is 37.6 Å². The van der Waals surface area contributed by atoms with Crippen LogP contribution in [-0.4, -0.2) is 15.5 Å². The van der Waals surface area contributed by atoms with Gasteiger partial charge in [-0.1, -0.05) is 46.9 Å². The summed E-state index contributed by atoms with van der Waals surface area (Å²) < 4.78 is 1.33. The summed E-state index contributed by atoms with van der Waals surface area (Å²) in [4.78, 5) is 29.9. The maximum Gasteiger partial charge on any atom is 0.257 e. The summed E-state index contributed by atoms with van der Waals surface area (Å²) >= 11 is 18.0. The summed E-state index contributed by atoms with van der Waals surface area (Å²) in [7, 11) is 0. The maximum atomic E-state index is 12.8. The van der Waals surface area contributed by atoms with E-state index < -0.39 is 5.91 Å². The number of nitrogens with zero attached hydrogens (tertiary/aromatic N) is 2. The number of hydrogen-bond donors (Lipinski definition) is 1. The zero-order valence-electron chi connectivity index (χ0n) is 15.1. The predicted octanol–water partition coefficient (Wildman–Crippen LogP) is 5.13. The zero-order valence-corrected chi connectivity index (χ0v) is 17.4. The SMILES string of the molecule is Cc1nc(-c2cccc(Cl)c2)n(CC(=O)Nc2cc(Cl)cc(Cl)c2)c(=O)c1C. The quantitative estimate of drug-likeness (QED) is 0.617. The molecule has 0 unspecified atom stereocenters. The van der Waals surface area contributed by atoms with Gasteiger partial charge < -0.3 is 5.32 Å². The van der Waals surface area contributed by atoms with E-state index in [2.05, 4.69) is 10.3 Å². The third kappa shape index (κ3) is 4.55. The van der Waals surface area contributed by atoms with Crippen molar-refractivity contribution in [3.05, 3.63) is 79.1 Å². The fourth-order valence-corrected chi connectivity index (χ4v) is 3.44. The first-order valence-corrected chi connectivity index (χ1v) is 9.48. The summed E-state index contributed by atoms with van der Waals surface area (Å²) in [6.07, 6.45) is 0. The largest absolute Gasteiger partial charge is 0.324 e. The van der Waals surface area contributed by atoms with Crippen molar-refractivity contribution in [2.24, 2.45) is 0 Å². The van der Waals surface area contributed by atoms with E-state index in [1.807, 2.05) is 0 Å². The van der Waals surface area contributed by atoms with Crippen LogP contribution in [0.2, 0.25) is 15.1 Å². The highest BCUT2D eigenvalue weighted by Crippen LogP contribution is 2.23. The lowest BCUT2D eigenvalue weighted by atomic mass is 10.1. The van der Waals surface area contributed by atoms with Gasteiger partial charge in [-0.2, -0.15) is 0 Å². The molecular formula is C20H16Cl3N3O2. The van der Waals surface area contributed by atoms with E-state index in [9.17, 15) is 9.59 Å². The third-order valence-corrected chi connectivity index (χ3v) is 4.84. The Morgan fingerprint density at radius 2 is 1.71 bits per heavy atom. The fourth-order valence-electron chi connectivity index (χ4n) is 2.72. The number of carbonyl (C=O) groups excluding carboxylic acids is 1. The molecule has 3 rings (SSSR count). The molecule has 0 atom stereocenters. The molecule has 0 saturated heterocycles. The smallest absolute Gasteiger partial charge is 0.257 e. The van der Waals surface area contributed by atoms with E-state index in [0.29, 0.717) is 43.4 Å². The van der Waals surface area contributed by atoms with Crippen molar-refractivity contribution in [2.45, 2.75) is 20.4 Å². The van der Waals surface area contributed by atoms with Crippen molar-refractivity contribution in [3.8, 4) is 11.4 Å². The second kappa shape index (κ2) is 8.35. The van der Waals surface area contributed by atoms with E-state index in [1.165, 1.54) is 4.57 Å². The number of rotatable bonds is 4. The Morgan fingerprint density at radius 3 is 2.36 bits per heavy atom. The lowest BCUT2D eigenvalue weighted by Gasteiger charge is -2.15. The van der Waals surface area contributed by atoms with E-state index in [4.69, 9.17) is 34.8 Å². The Morgan fingerprint density at radius 1 is 1.04 bits per heavy atom. The van der Waals surface area contributed by atoms with Crippen LogP contribution in [0, 0.1) is 13.8 Å². The number of carbonyl (C=O) groups is 1. The van der Waals surface area contributed by atoms with Crippen LogP contribution >= 0.6 is 34.8 Å². The summed E-state index contributed by atoms with van der Waals surface area (Å²) in [6.45, 7) is 3.21. The second-order valence-electron chi connectivity index (χ2n) is 6.25. The number of benzene rings is 2. The van der Waals surface area contributed by atoms with Crippen molar-refractivity contribution < 1.29 is 4.79 Å². The van der Waals surface area contributed by atoms with Gasteiger partial charge in [0.2, 0.25) is 5.91 Å².